The van der Waals surface area contributed by atoms with Gasteiger partial charge in [0.2, 0.25) is 0 Å². The largest absolute Gasteiger partial charge is 0.454 e. The number of thiophene rings is 1. The first-order valence-corrected chi connectivity index (χ1v) is 7.19. The summed E-state index contributed by atoms with van der Waals surface area (Å²) in [5, 5.41) is 4.71. The Labute approximate surface area is 129 Å². The molecule has 0 bridgehead atoms. The lowest BCUT2D eigenvalue weighted by atomic mass is 10.3. The van der Waals surface area contributed by atoms with Crippen LogP contribution in [0.3, 0.4) is 0 Å². The van der Waals surface area contributed by atoms with E-state index in [2.05, 4.69) is 10.3 Å². The Balaban J connectivity index is 1.96. The van der Waals surface area contributed by atoms with Crippen molar-refractivity contribution in [1.82, 2.24) is 4.98 Å². The van der Waals surface area contributed by atoms with Crippen LogP contribution in [0.4, 0.5) is 9.80 Å². The number of nitrogens with one attached hydrogen (secondary N) is 1. The maximum atomic E-state index is 10.9. The highest BCUT2D eigenvalue weighted by Crippen LogP contribution is 2.37. The number of aromatic nitrogens is 1. The third-order valence-corrected chi connectivity index (χ3v) is 4.01. The number of benzene rings is 1. The Hall–Kier alpha value is -2.31. The number of carbonyl (C=O) groups is 1. The molecule has 2 amide bonds. The summed E-state index contributed by atoms with van der Waals surface area (Å²) < 4.78 is 6.69. The van der Waals surface area contributed by atoms with Crippen molar-refractivity contribution in [2.75, 3.05) is 5.32 Å². The van der Waals surface area contributed by atoms with Crippen LogP contribution >= 0.6 is 22.9 Å². The summed E-state index contributed by atoms with van der Waals surface area (Å²) in [5.74, 6) is 1.27. The van der Waals surface area contributed by atoms with Gasteiger partial charge in [-0.1, -0.05) is 11.6 Å². The van der Waals surface area contributed by atoms with Crippen molar-refractivity contribution in [2.24, 2.45) is 5.73 Å². The van der Waals surface area contributed by atoms with Gasteiger partial charge in [-0.3, -0.25) is 10.3 Å². The summed E-state index contributed by atoms with van der Waals surface area (Å²) in [6.07, 6.45) is 3.33. The van der Waals surface area contributed by atoms with Crippen LogP contribution in [-0.2, 0) is 0 Å². The number of amides is 2. The number of fused-ring (bicyclic) bond motifs is 1. The molecule has 2 aromatic heterocycles. The molecule has 0 fully saturated rings. The number of anilines is 1. The number of hydrogen-bond donors (Lipinski definition) is 2. The predicted molar refractivity (Wildman–Crippen MR) is 84.4 cm³/mol. The van der Waals surface area contributed by atoms with Crippen molar-refractivity contribution in [2.45, 2.75) is 0 Å². The number of halogens is 1. The number of carbonyl (C=O) groups excluding carboxylic acids is 1. The molecule has 0 radical (unpaired) electrons. The van der Waals surface area contributed by atoms with Crippen LogP contribution in [0.25, 0.3) is 10.1 Å². The standard InChI is InChI=1S/C14H10ClN3O2S/c15-9-1-3-10(4-2-9)20-11-7-17-6-8-5-12(18-14(16)19)21-13(8)11/h1-7H,(H3,16,18,19). The Morgan fingerprint density at radius 3 is 2.76 bits per heavy atom. The summed E-state index contributed by atoms with van der Waals surface area (Å²) in [7, 11) is 0. The molecule has 3 aromatic rings. The maximum absolute atomic E-state index is 10.9. The molecule has 21 heavy (non-hydrogen) atoms. The van der Waals surface area contributed by atoms with Crippen molar-refractivity contribution in [3.8, 4) is 11.5 Å². The number of ether oxygens (including phenoxy) is 1. The lowest BCUT2D eigenvalue weighted by Crippen LogP contribution is -2.18. The summed E-state index contributed by atoms with van der Waals surface area (Å²) in [6, 6.07) is 8.24. The zero-order valence-electron chi connectivity index (χ0n) is 10.7. The minimum absolute atomic E-state index is 0.602. The molecule has 1 aromatic carbocycles. The fraction of sp³-hybridized carbons (Fsp3) is 0. The SMILES string of the molecule is NC(=O)Nc1cc2cncc(Oc3ccc(Cl)cc3)c2s1. The maximum Gasteiger partial charge on any atom is 0.317 e. The van der Waals surface area contributed by atoms with Gasteiger partial charge in [0.15, 0.2) is 5.75 Å². The average Bonchev–Trinajstić information content (AvgIpc) is 2.84. The van der Waals surface area contributed by atoms with Crippen molar-refractivity contribution in [3.05, 3.63) is 47.7 Å². The highest BCUT2D eigenvalue weighted by molar-refractivity contribution is 7.23. The highest BCUT2D eigenvalue weighted by atomic mass is 35.5. The minimum Gasteiger partial charge on any atom is -0.454 e. The van der Waals surface area contributed by atoms with E-state index in [1.54, 1.807) is 42.7 Å². The minimum atomic E-state index is -0.602. The molecule has 0 unspecified atom stereocenters. The summed E-state index contributed by atoms with van der Waals surface area (Å²) in [6.45, 7) is 0. The predicted octanol–water partition coefficient (Wildman–Crippen LogP) is 4.23. The molecule has 0 saturated carbocycles. The second kappa shape index (κ2) is 5.59. The van der Waals surface area contributed by atoms with Crippen LogP contribution in [0.2, 0.25) is 5.02 Å². The second-order valence-corrected chi connectivity index (χ2v) is 5.70. The normalized spacial score (nSPS) is 10.5. The van der Waals surface area contributed by atoms with E-state index in [1.807, 2.05) is 0 Å². The third kappa shape index (κ3) is 3.07. The summed E-state index contributed by atoms with van der Waals surface area (Å²) in [4.78, 5) is 15.0. The Bertz CT molecular complexity index is 802. The van der Waals surface area contributed by atoms with Gasteiger partial charge in [0, 0.05) is 16.6 Å². The fourth-order valence-corrected chi connectivity index (χ4v) is 2.93. The monoisotopic (exact) mass is 319 g/mol. The first kappa shape index (κ1) is 13.7. The van der Waals surface area contributed by atoms with Crippen LogP contribution in [0, 0.1) is 0 Å². The summed E-state index contributed by atoms with van der Waals surface area (Å²) in [5.41, 5.74) is 5.12. The zero-order chi connectivity index (χ0) is 14.8. The lowest BCUT2D eigenvalue weighted by Gasteiger charge is -2.05. The van der Waals surface area contributed by atoms with Crippen molar-refractivity contribution < 1.29 is 9.53 Å². The van der Waals surface area contributed by atoms with Crippen molar-refractivity contribution in [3.63, 3.8) is 0 Å². The van der Waals surface area contributed by atoms with Crippen LogP contribution < -0.4 is 15.8 Å². The molecular weight excluding hydrogens is 310 g/mol. The second-order valence-electron chi connectivity index (χ2n) is 4.21. The first-order valence-electron chi connectivity index (χ1n) is 5.99. The van der Waals surface area contributed by atoms with E-state index in [9.17, 15) is 4.79 Å². The molecule has 0 aliphatic rings. The van der Waals surface area contributed by atoms with E-state index in [1.165, 1.54) is 11.3 Å². The van der Waals surface area contributed by atoms with Gasteiger partial charge in [0.05, 0.1) is 15.9 Å². The van der Waals surface area contributed by atoms with Gasteiger partial charge in [0.1, 0.15) is 5.75 Å². The topological polar surface area (TPSA) is 77.2 Å². The smallest absolute Gasteiger partial charge is 0.317 e. The van der Waals surface area contributed by atoms with Crippen LogP contribution in [0.5, 0.6) is 11.5 Å². The summed E-state index contributed by atoms with van der Waals surface area (Å²) >= 11 is 7.22. The molecule has 106 valence electrons. The van der Waals surface area contributed by atoms with Gasteiger partial charge in [-0.15, -0.1) is 11.3 Å². The van der Waals surface area contributed by atoms with E-state index < -0.39 is 6.03 Å². The molecular formula is C14H10ClN3O2S. The number of nitrogens with zero attached hydrogens (tertiary/aromatic N) is 1. The van der Waals surface area contributed by atoms with Gasteiger partial charge < -0.3 is 10.5 Å². The molecule has 0 atom stereocenters. The van der Waals surface area contributed by atoms with Crippen LogP contribution in [0.1, 0.15) is 0 Å². The van der Waals surface area contributed by atoms with E-state index in [-0.39, 0.29) is 0 Å². The number of urea groups is 1. The van der Waals surface area contributed by atoms with Crippen molar-refractivity contribution in [1.29, 1.82) is 0 Å². The van der Waals surface area contributed by atoms with Crippen LogP contribution in [0.15, 0.2) is 42.7 Å². The highest BCUT2D eigenvalue weighted by Gasteiger charge is 2.10. The third-order valence-electron chi connectivity index (χ3n) is 2.68. The van der Waals surface area contributed by atoms with Gasteiger partial charge >= 0.3 is 6.03 Å². The van der Waals surface area contributed by atoms with E-state index in [4.69, 9.17) is 22.1 Å². The molecule has 3 rings (SSSR count). The molecule has 0 spiro atoms. The Kier molecular flexibility index (Phi) is 3.64. The molecule has 2 heterocycles. The van der Waals surface area contributed by atoms with Gasteiger partial charge in [0.25, 0.3) is 0 Å². The van der Waals surface area contributed by atoms with Crippen LogP contribution in [-0.4, -0.2) is 11.0 Å². The first-order chi connectivity index (χ1) is 10.1. The average molecular weight is 320 g/mol. The number of nitrogens with two attached hydrogens (primary N) is 1. The van der Waals surface area contributed by atoms with E-state index in [0.717, 1.165) is 10.1 Å². The molecule has 3 N–H and O–H groups in total. The quantitative estimate of drug-likeness (QED) is 0.758. The fourth-order valence-electron chi connectivity index (χ4n) is 1.82. The van der Waals surface area contributed by atoms with E-state index in [0.29, 0.717) is 21.5 Å². The molecule has 5 nitrogen and oxygen atoms in total. The van der Waals surface area contributed by atoms with Crippen molar-refractivity contribution >= 4 is 44.1 Å². The number of primary amides is 1. The number of pyridine rings is 1. The molecule has 0 saturated heterocycles. The van der Waals surface area contributed by atoms with E-state index >= 15 is 0 Å². The van der Waals surface area contributed by atoms with Gasteiger partial charge in [-0.05, 0) is 30.3 Å². The van der Waals surface area contributed by atoms with Gasteiger partial charge in [-0.2, -0.15) is 0 Å². The van der Waals surface area contributed by atoms with Gasteiger partial charge in [-0.25, -0.2) is 4.79 Å². The zero-order valence-corrected chi connectivity index (χ0v) is 12.2. The Morgan fingerprint density at radius 1 is 1.29 bits per heavy atom. The number of rotatable bonds is 3. The molecule has 0 aliphatic carbocycles. The Morgan fingerprint density at radius 2 is 2.05 bits per heavy atom. The molecule has 0 aliphatic heterocycles. The lowest BCUT2D eigenvalue weighted by molar-refractivity contribution is 0.259. The molecule has 7 heteroatoms. The number of hydrogen-bond acceptors (Lipinski definition) is 4.